The first-order chi connectivity index (χ1) is 11.9. The van der Waals surface area contributed by atoms with Gasteiger partial charge in [-0.05, 0) is 12.8 Å². The highest BCUT2D eigenvalue weighted by Gasteiger charge is 2.28. The van der Waals surface area contributed by atoms with E-state index in [1.807, 2.05) is 0 Å². The molecular formula is C14H16F3N5O3. The van der Waals surface area contributed by atoms with Crippen LogP contribution in [0.25, 0.3) is 0 Å². The topological polar surface area (TPSA) is 94.1 Å². The van der Waals surface area contributed by atoms with E-state index in [2.05, 4.69) is 25.3 Å². The average molecular weight is 359 g/mol. The van der Waals surface area contributed by atoms with Gasteiger partial charge in [0.1, 0.15) is 0 Å². The van der Waals surface area contributed by atoms with Crippen molar-refractivity contribution in [2.45, 2.75) is 31.9 Å². The van der Waals surface area contributed by atoms with Crippen LogP contribution in [0.5, 0.6) is 0 Å². The standard InChI is InChI=1S/C14H16F3N5O3/c15-14(16,17)25-5-3-22-8-9(7-18-22)13(23)19-12-6-10(20-21-12)11-2-1-4-24-11/h6-8,11H,1-5H2,(H2,19,20,21,23)/t11-/m0/s1. The lowest BCUT2D eigenvalue weighted by atomic mass is 10.2. The monoisotopic (exact) mass is 359 g/mol. The number of aromatic nitrogens is 4. The molecule has 0 bridgehead atoms. The SMILES string of the molecule is O=C(Nc1cc([C@@H]2CCCO2)[nH]n1)c1cnn(CCOC(F)(F)F)c1. The van der Waals surface area contributed by atoms with Crippen molar-refractivity contribution >= 4 is 11.7 Å². The third-order valence-corrected chi connectivity index (χ3v) is 3.60. The van der Waals surface area contributed by atoms with E-state index in [0.717, 1.165) is 18.5 Å². The van der Waals surface area contributed by atoms with Crippen LogP contribution in [0.2, 0.25) is 0 Å². The number of carbonyl (C=O) groups excluding carboxylic acids is 1. The van der Waals surface area contributed by atoms with E-state index in [0.29, 0.717) is 12.4 Å². The average Bonchev–Trinajstić information content (AvgIpc) is 3.27. The minimum atomic E-state index is -4.69. The second-order valence-corrected chi connectivity index (χ2v) is 5.45. The highest BCUT2D eigenvalue weighted by Crippen LogP contribution is 2.28. The molecule has 1 fully saturated rings. The quantitative estimate of drug-likeness (QED) is 0.825. The van der Waals surface area contributed by atoms with Crippen LogP contribution in [0, 0.1) is 0 Å². The maximum atomic E-state index is 12.1. The van der Waals surface area contributed by atoms with Crippen molar-refractivity contribution in [1.29, 1.82) is 0 Å². The number of anilines is 1. The summed E-state index contributed by atoms with van der Waals surface area (Å²) in [5.74, 6) is -0.128. The van der Waals surface area contributed by atoms with Crippen molar-refractivity contribution in [1.82, 2.24) is 20.0 Å². The molecule has 1 amide bonds. The van der Waals surface area contributed by atoms with Gasteiger partial charge in [0.25, 0.3) is 5.91 Å². The van der Waals surface area contributed by atoms with Gasteiger partial charge in [-0.3, -0.25) is 19.3 Å². The minimum Gasteiger partial charge on any atom is -0.372 e. The molecule has 11 heteroatoms. The van der Waals surface area contributed by atoms with E-state index in [-0.39, 0.29) is 18.2 Å². The third kappa shape index (κ3) is 4.79. The van der Waals surface area contributed by atoms with Crippen molar-refractivity contribution in [3.8, 4) is 0 Å². The van der Waals surface area contributed by atoms with Gasteiger partial charge in [0.2, 0.25) is 0 Å². The van der Waals surface area contributed by atoms with E-state index in [4.69, 9.17) is 4.74 Å². The van der Waals surface area contributed by atoms with Gasteiger partial charge in [-0.2, -0.15) is 10.2 Å². The fourth-order valence-electron chi connectivity index (χ4n) is 2.44. The zero-order valence-corrected chi connectivity index (χ0v) is 13.0. The molecule has 1 saturated heterocycles. The Morgan fingerprint density at radius 1 is 1.52 bits per heavy atom. The molecule has 3 rings (SSSR count). The maximum absolute atomic E-state index is 12.1. The Hall–Kier alpha value is -2.40. The molecule has 2 aromatic rings. The van der Waals surface area contributed by atoms with Gasteiger partial charge in [-0.25, -0.2) is 0 Å². The molecule has 0 unspecified atom stereocenters. The van der Waals surface area contributed by atoms with Crippen molar-refractivity contribution < 1.29 is 27.4 Å². The van der Waals surface area contributed by atoms with Gasteiger partial charge in [-0.15, -0.1) is 13.2 Å². The molecule has 0 aromatic carbocycles. The van der Waals surface area contributed by atoms with Gasteiger partial charge in [0.05, 0.1) is 36.7 Å². The van der Waals surface area contributed by atoms with Crippen LogP contribution >= 0.6 is 0 Å². The number of carbonyl (C=O) groups is 1. The summed E-state index contributed by atoms with van der Waals surface area (Å²) in [6.07, 6.45) is -0.271. The molecule has 1 aliphatic heterocycles. The van der Waals surface area contributed by atoms with Crippen molar-refractivity contribution in [3.63, 3.8) is 0 Å². The fourth-order valence-corrected chi connectivity index (χ4v) is 2.44. The van der Waals surface area contributed by atoms with Crippen LogP contribution in [0.1, 0.15) is 35.0 Å². The summed E-state index contributed by atoms with van der Waals surface area (Å²) in [4.78, 5) is 12.1. The predicted molar refractivity (Wildman–Crippen MR) is 78.7 cm³/mol. The van der Waals surface area contributed by atoms with Gasteiger partial charge in [-0.1, -0.05) is 0 Å². The summed E-state index contributed by atoms with van der Waals surface area (Å²) >= 11 is 0. The van der Waals surface area contributed by atoms with Crippen LogP contribution in [0.4, 0.5) is 19.0 Å². The Morgan fingerprint density at radius 2 is 2.36 bits per heavy atom. The van der Waals surface area contributed by atoms with E-state index >= 15 is 0 Å². The van der Waals surface area contributed by atoms with E-state index in [1.54, 1.807) is 6.07 Å². The molecule has 25 heavy (non-hydrogen) atoms. The molecule has 0 saturated carbocycles. The zero-order chi connectivity index (χ0) is 17.9. The molecule has 3 heterocycles. The molecule has 0 aliphatic carbocycles. The first kappa shape index (κ1) is 17.4. The number of halogens is 3. The number of aromatic amines is 1. The smallest absolute Gasteiger partial charge is 0.372 e. The number of rotatable bonds is 6. The summed E-state index contributed by atoms with van der Waals surface area (Å²) < 4.78 is 46.1. The Kier molecular flexibility index (Phi) is 5.04. The highest BCUT2D eigenvalue weighted by atomic mass is 19.4. The molecule has 1 atom stereocenters. The largest absolute Gasteiger partial charge is 0.522 e. The number of amides is 1. The first-order valence-electron chi connectivity index (χ1n) is 7.62. The lowest BCUT2D eigenvalue weighted by molar-refractivity contribution is -0.325. The first-order valence-corrected chi connectivity index (χ1v) is 7.62. The Morgan fingerprint density at radius 3 is 3.08 bits per heavy atom. The Balaban J connectivity index is 1.53. The number of alkyl halides is 3. The zero-order valence-electron chi connectivity index (χ0n) is 13.0. The van der Waals surface area contributed by atoms with Crippen LogP contribution < -0.4 is 5.32 Å². The molecule has 8 nitrogen and oxygen atoms in total. The second kappa shape index (κ2) is 7.23. The Labute approximate surface area is 140 Å². The fraction of sp³-hybridized carbons (Fsp3) is 0.500. The summed E-state index contributed by atoms with van der Waals surface area (Å²) in [7, 11) is 0. The lowest BCUT2D eigenvalue weighted by Crippen LogP contribution is -2.17. The van der Waals surface area contributed by atoms with Gasteiger partial charge >= 0.3 is 6.36 Å². The minimum absolute atomic E-state index is 0.0467. The number of H-pyrrole nitrogens is 1. The predicted octanol–water partition coefficient (Wildman–Crippen LogP) is 2.25. The summed E-state index contributed by atoms with van der Waals surface area (Å²) in [6, 6.07) is 1.69. The Bertz CT molecular complexity index is 721. The van der Waals surface area contributed by atoms with Crippen molar-refractivity contribution in [3.05, 3.63) is 29.7 Å². The maximum Gasteiger partial charge on any atom is 0.522 e. The van der Waals surface area contributed by atoms with E-state index in [1.165, 1.54) is 17.1 Å². The van der Waals surface area contributed by atoms with Crippen LogP contribution in [-0.4, -0.2) is 45.5 Å². The van der Waals surface area contributed by atoms with Gasteiger partial charge in [0, 0.05) is 18.9 Å². The molecule has 136 valence electrons. The molecule has 0 radical (unpaired) electrons. The van der Waals surface area contributed by atoms with Crippen LogP contribution in [0.15, 0.2) is 18.5 Å². The number of nitrogens with one attached hydrogen (secondary N) is 2. The molecule has 1 aliphatic rings. The molecule has 0 spiro atoms. The number of hydrogen-bond acceptors (Lipinski definition) is 5. The summed E-state index contributed by atoms with van der Waals surface area (Å²) in [5, 5.41) is 13.2. The van der Waals surface area contributed by atoms with Crippen molar-refractivity contribution in [2.24, 2.45) is 0 Å². The van der Waals surface area contributed by atoms with Gasteiger partial charge in [0.15, 0.2) is 5.82 Å². The number of ether oxygens (including phenoxy) is 2. The van der Waals surface area contributed by atoms with Crippen molar-refractivity contribution in [2.75, 3.05) is 18.5 Å². The second-order valence-electron chi connectivity index (χ2n) is 5.45. The van der Waals surface area contributed by atoms with Gasteiger partial charge < -0.3 is 10.1 Å². The lowest BCUT2D eigenvalue weighted by Gasteiger charge is -2.06. The molecule has 2 N–H and O–H groups in total. The number of nitrogens with zero attached hydrogens (tertiary/aromatic N) is 3. The van der Waals surface area contributed by atoms with E-state index < -0.39 is 18.9 Å². The normalized spacial score (nSPS) is 17.8. The summed E-state index contributed by atoms with van der Waals surface area (Å²) in [6.45, 7) is -0.0165. The summed E-state index contributed by atoms with van der Waals surface area (Å²) in [5.41, 5.74) is 0.987. The van der Waals surface area contributed by atoms with Crippen LogP contribution in [-0.2, 0) is 16.0 Å². The molecule has 2 aromatic heterocycles. The van der Waals surface area contributed by atoms with E-state index in [9.17, 15) is 18.0 Å². The third-order valence-electron chi connectivity index (χ3n) is 3.60. The number of hydrogen-bond donors (Lipinski definition) is 2. The van der Waals surface area contributed by atoms with Crippen LogP contribution in [0.3, 0.4) is 0 Å². The highest BCUT2D eigenvalue weighted by molar-refractivity contribution is 6.03. The molecular weight excluding hydrogens is 343 g/mol.